The highest BCUT2D eigenvalue weighted by atomic mass is 79.9. The molecule has 1 amide bonds. The summed E-state index contributed by atoms with van der Waals surface area (Å²) in [4.78, 5) is 12.7. The standard InChI is InChI=1S/C17H18BrClNO4PS/c1-3-22-25(26,23-4-2)24-16-9-8-12(18)10-15(16)17(21)20-14-7-5-6-13(19)11-14/h5-11H,3-4H2,1-2H3,(H,20,21). The first kappa shape index (κ1) is 21.4. The number of carbonyl (C=O) groups is 1. The van der Waals surface area contributed by atoms with Crippen molar-refractivity contribution in [2.75, 3.05) is 18.5 Å². The number of rotatable bonds is 8. The van der Waals surface area contributed by atoms with Crippen LogP contribution in [0.15, 0.2) is 46.9 Å². The molecule has 0 atom stereocenters. The lowest BCUT2D eigenvalue weighted by atomic mass is 10.2. The molecule has 0 aliphatic rings. The third kappa shape index (κ3) is 6.05. The van der Waals surface area contributed by atoms with Crippen LogP contribution in [0.2, 0.25) is 5.02 Å². The first-order chi connectivity index (χ1) is 12.4. The van der Waals surface area contributed by atoms with Gasteiger partial charge in [-0.2, -0.15) is 0 Å². The topological polar surface area (TPSA) is 56.8 Å². The van der Waals surface area contributed by atoms with Gasteiger partial charge >= 0.3 is 6.72 Å². The molecule has 0 saturated carbocycles. The first-order valence-corrected chi connectivity index (χ1v) is 11.5. The number of amides is 1. The third-order valence-electron chi connectivity index (χ3n) is 3.05. The molecule has 0 aliphatic carbocycles. The Bertz CT molecular complexity index is 826. The highest BCUT2D eigenvalue weighted by Crippen LogP contribution is 2.50. The summed E-state index contributed by atoms with van der Waals surface area (Å²) in [6.45, 7) is 1.30. The van der Waals surface area contributed by atoms with Crippen LogP contribution in [0, 0.1) is 0 Å². The molecule has 0 aromatic heterocycles. The number of nitrogens with one attached hydrogen (secondary N) is 1. The molecule has 2 rings (SSSR count). The van der Waals surface area contributed by atoms with E-state index in [2.05, 4.69) is 21.2 Å². The second-order valence-electron chi connectivity index (χ2n) is 4.98. The number of hydrogen-bond acceptors (Lipinski definition) is 5. The highest BCUT2D eigenvalue weighted by Gasteiger charge is 2.24. The normalized spacial score (nSPS) is 11.2. The molecule has 0 fully saturated rings. The summed E-state index contributed by atoms with van der Waals surface area (Å²) in [6.07, 6.45) is 0. The van der Waals surface area contributed by atoms with Crippen molar-refractivity contribution >= 4 is 57.7 Å². The predicted molar refractivity (Wildman–Crippen MR) is 112 cm³/mol. The van der Waals surface area contributed by atoms with Crippen molar-refractivity contribution in [3.05, 3.63) is 57.5 Å². The number of halogens is 2. The zero-order valence-corrected chi connectivity index (χ0v) is 18.3. The average molecular weight is 479 g/mol. The molecule has 0 radical (unpaired) electrons. The summed E-state index contributed by atoms with van der Waals surface area (Å²) in [7, 11) is 0. The minimum Gasteiger partial charge on any atom is -0.423 e. The molecule has 140 valence electrons. The Morgan fingerprint density at radius 1 is 1.19 bits per heavy atom. The fourth-order valence-corrected chi connectivity index (χ4v) is 4.69. The van der Waals surface area contributed by atoms with Crippen LogP contribution < -0.4 is 9.84 Å². The largest absolute Gasteiger partial charge is 0.423 e. The summed E-state index contributed by atoms with van der Waals surface area (Å²) in [6, 6.07) is 11.9. The van der Waals surface area contributed by atoms with Gasteiger partial charge in [-0.05, 0) is 50.2 Å². The monoisotopic (exact) mass is 477 g/mol. The first-order valence-electron chi connectivity index (χ1n) is 7.82. The van der Waals surface area contributed by atoms with Crippen LogP contribution in [0.5, 0.6) is 5.75 Å². The zero-order valence-electron chi connectivity index (χ0n) is 14.2. The molecular weight excluding hydrogens is 461 g/mol. The molecule has 9 heteroatoms. The van der Waals surface area contributed by atoms with Gasteiger partial charge in [-0.15, -0.1) is 0 Å². The Kier molecular flexibility index (Phi) is 8.07. The number of benzene rings is 2. The SMILES string of the molecule is CCOP(=S)(OCC)Oc1ccc(Br)cc1C(=O)Nc1cccc(Cl)c1. The molecule has 0 spiro atoms. The minimum atomic E-state index is -3.00. The molecule has 5 nitrogen and oxygen atoms in total. The van der Waals surface area contributed by atoms with Gasteiger partial charge in [-0.3, -0.25) is 13.8 Å². The van der Waals surface area contributed by atoms with Crippen molar-refractivity contribution in [1.82, 2.24) is 0 Å². The minimum absolute atomic E-state index is 0.290. The Labute approximate surface area is 171 Å². The molecule has 26 heavy (non-hydrogen) atoms. The van der Waals surface area contributed by atoms with Gasteiger partial charge in [-0.1, -0.05) is 33.6 Å². The zero-order chi connectivity index (χ0) is 19.2. The van der Waals surface area contributed by atoms with Crippen molar-refractivity contribution < 1.29 is 18.4 Å². The molecule has 0 unspecified atom stereocenters. The van der Waals surface area contributed by atoms with Crippen LogP contribution in [0.25, 0.3) is 0 Å². The number of anilines is 1. The molecule has 2 aromatic rings. The van der Waals surface area contributed by atoms with Gasteiger partial charge in [0.15, 0.2) is 0 Å². The van der Waals surface area contributed by atoms with Gasteiger partial charge in [0.2, 0.25) is 0 Å². The van der Waals surface area contributed by atoms with Gasteiger partial charge in [0.25, 0.3) is 5.91 Å². The summed E-state index contributed by atoms with van der Waals surface area (Å²) < 4.78 is 17.5. The van der Waals surface area contributed by atoms with Crippen LogP contribution >= 0.6 is 34.2 Å². The smallest absolute Gasteiger partial charge is 0.380 e. The average Bonchev–Trinajstić information content (AvgIpc) is 2.57. The van der Waals surface area contributed by atoms with Crippen molar-refractivity contribution in [3.8, 4) is 5.75 Å². The number of hydrogen-bond donors (Lipinski definition) is 1. The Hall–Kier alpha value is -0.950. The lowest BCUT2D eigenvalue weighted by Crippen LogP contribution is -2.14. The van der Waals surface area contributed by atoms with Crippen molar-refractivity contribution in [3.63, 3.8) is 0 Å². The van der Waals surface area contributed by atoms with Crippen LogP contribution in [0.3, 0.4) is 0 Å². The van der Waals surface area contributed by atoms with Crippen molar-refractivity contribution in [1.29, 1.82) is 0 Å². The van der Waals surface area contributed by atoms with E-state index in [-0.39, 0.29) is 11.7 Å². The van der Waals surface area contributed by atoms with Gasteiger partial charge < -0.3 is 9.84 Å². The van der Waals surface area contributed by atoms with E-state index < -0.39 is 6.72 Å². The summed E-state index contributed by atoms with van der Waals surface area (Å²) >= 11 is 14.7. The van der Waals surface area contributed by atoms with Gasteiger partial charge in [0.05, 0.1) is 18.8 Å². The summed E-state index contributed by atoms with van der Waals surface area (Å²) in [5.41, 5.74) is 0.871. The van der Waals surface area contributed by atoms with E-state index in [1.807, 2.05) is 0 Å². The van der Waals surface area contributed by atoms with E-state index in [4.69, 9.17) is 37.0 Å². The van der Waals surface area contributed by atoms with Crippen molar-refractivity contribution in [2.24, 2.45) is 0 Å². The Morgan fingerprint density at radius 3 is 2.50 bits per heavy atom. The third-order valence-corrected chi connectivity index (χ3v) is 6.21. The van der Waals surface area contributed by atoms with Gasteiger partial charge in [0.1, 0.15) is 5.75 Å². The molecule has 1 N–H and O–H groups in total. The van der Waals surface area contributed by atoms with E-state index in [1.165, 1.54) is 0 Å². The Morgan fingerprint density at radius 2 is 1.88 bits per heavy atom. The van der Waals surface area contributed by atoms with Crippen LogP contribution in [-0.2, 0) is 20.9 Å². The molecule has 0 bridgehead atoms. The maximum atomic E-state index is 12.7. The predicted octanol–water partition coefficient (Wildman–Crippen LogP) is 6.03. The second-order valence-corrected chi connectivity index (χ2v) is 9.27. The highest BCUT2D eigenvalue weighted by molar-refractivity contribution is 9.10. The van der Waals surface area contributed by atoms with Crippen molar-refractivity contribution in [2.45, 2.75) is 13.8 Å². The lowest BCUT2D eigenvalue weighted by molar-refractivity contribution is 0.102. The molecule has 2 aromatic carbocycles. The van der Waals surface area contributed by atoms with Crippen LogP contribution in [0.4, 0.5) is 5.69 Å². The van der Waals surface area contributed by atoms with Crippen LogP contribution in [-0.4, -0.2) is 19.1 Å². The molecule has 0 aliphatic heterocycles. The van der Waals surface area contributed by atoms with E-state index in [0.717, 1.165) is 4.47 Å². The quantitative estimate of drug-likeness (QED) is 0.469. The molecule has 0 heterocycles. The van der Waals surface area contributed by atoms with E-state index in [0.29, 0.717) is 29.5 Å². The van der Waals surface area contributed by atoms with E-state index in [9.17, 15) is 4.79 Å². The fourth-order valence-electron chi connectivity index (χ4n) is 2.05. The molecular formula is C17H18BrClNO4PS. The summed E-state index contributed by atoms with van der Waals surface area (Å²) in [5, 5.41) is 3.31. The van der Waals surface area contributed by atoms with E-state index >= 15 is 0 Å². The summed E-state index contributed by atoms with van der Waals surface area (Å²) in [5.74, 6) is -0.0731. The maximum Gasteiger partial charge on any atom is 0.380 e. The van der Waals surface area contributed by atoms with Gasteiger partial charge in [0, 0.05) is 27.0 Å². The van der Waals surface area contributed by atoms with Crippen LogP contribution in [0.1, 0.15) is 24.2 Å². The fraction of sp³-hybridized carbons (Fsp3) is 0.235. The van der Waals surface area contributed by atoms with Gasteiger partial charge in [-0.25, -0.2) is 0 Å². The second kappa shape index (κ2) is 9.83. The number of carbonyl (C=O) groups excluding carboxylic acids is 1. The van der Waals surface area contributed by atoms with E-state index in [1.54, 1.807) is 56.3 Å². The maximum absolute atomic E-state index is 12.7. The molecule has 0 saturated heterocycles. The Balaban J connectivity index is 2.31. The lowest BCUT2D eigenvalue weighted by Gasteiger charge is -2.22.